The molecule has 0 amide bonds. The molecule has 0 unspecified atom stereocenters. The van der Waals surface area contributed by atoms with E-state index in [4.69, 9.17) is 0 Å². The Hall–Kier alpha value is -5.20. The summed E-state index contributed by atoms with van der Waals surface area (Å²) >= 11 is 0. The molecule has 0 saturated carbocycles. The molecule has 2 N–H and O–H groups in total. The fourth-order valence-electron chi connectivity index (χ4n) is 3.74. The highest BCUT2D eigenvalue weighted by atomic mass is 19.4. The molecule has 0 saturated heterocycles. The molecule has 9 nitrogen and oxygen atoms in total. The highest BCUT2D eigenvalue weighted by Gasteiger charge is 2.31. The quantitative estimate of drug-likeness (QED) is 0.144. The van der Waals surface area contributed by atoms with Gasteiger partial charge in [0.25, 0.3) is 0 Å². The molecule has 0 atom stereocenters. The van der Waals surface area contributed by atoms with Crippen molar-refractivity contribution in [2.75, 3.05) is 10.7 Å². The Labute approximate surface area is 225 Å². The molecule has 4 heterocycles. The van der Waals surface area contributed by atoms with Crippen molar-refractivity contribution in [3.8, 4) is 16.9 Å². The largest absolute Gasteiger partial charge is 0.416 e. The summed E-state index contributed by atoms with van der Waals surface area (Å²) < 4.78 is 56.4. The lowest BCUT2D eigenvalue weighted by Crippen LogP contribution is -2.07. The molecule has 0 bridgehead atoms. The molecule has 5 rings (SSSR count). The van der Waals surface area contributed by atoms with Crippen LogP contribution in [0.2, 0.25) is 0 Å². The number of hydrogen-bond acceptors (Lipinski definition) is 8. The maximum Gasteiger partial charge on any atom is 0.416 e. The second kappa shape index (κ2) is 10.9. The number of aromatic nitrogens is 6. The van der Waals surface area contributed by atoms with E-state index in [-0.39, 0.29) is 17.3 Å². The van der Waals surface area contributed by atoms with Crippen LogP contribution >= 0.6 is 0 Å². The molecule has 0 aliphatic heterocycles. The van der Waals surface area contributed by atoms with Gasteiger partial charge in [-0.1, -0.05) is 0 Å². The molecule has 202 valence electrons. The average Bonchev–Trinajstić information content (AvgIpc) is 3.36. The minimum Gasteiger partial charge on any atom is -0.354 e. The number of rotatable bonds is 7. The second-order valence-electron chi connectivity index (χ2n) is 8.80. The first-order valence-electron chi connectivity index (χ1n) is 11.8. The number of hydrogen-bond donors (Lipinski definition) is 2. The van der Waals surface area contributed by atoms with E-state index in [1.807, 2.05) is 6.92 Å². The van der Waals surface area contributed by atoms with Crippen LogP contribution in [-0.2, 0) is 6.18 Å². The van der Waals surface area contributed by atoms with Gasteiger partial charge in [0.1, 0.15) is 5.69 Å². The fraction of sp³-hybridized carbons (Fsp3) is 0.111. The van der Waals surface area contributed by atoms with Gasteiger partial charge >= 0.3 is 6.18 Å². The van der Waals surface area contributed by atoms with Gasteiger partial charge in [0.2, 0.25) is 5.95 Å². The number of nitrogens with zero attached hydrogens (tertiary/aromatic N) is 7. The molecule has 5 aromatic rings. The molecular weight excluding hydrogens is 526 g/mol. The third-order valence-electron chi connectivity index (χ3n) is 5.58. The van der Waals surface area contributed by atoms with Gasteiger partial charge in [-0.25, -0.2) is 24.8 Å². The van der Waals surface area contributed by atoms with Gasteiger partial charge in [-0.15, -0.1) is 0 Å². The summed E-state index contributed by atoms with van der Waals surface area (Å²) in [5.41, 5.74) is 5.41. The van der Waals surface area contributed by atoms with Crippen LogP contribution < -0.4 is 10.7 Å². The summed E-state index contributed by atoms with van der Waals surface area (Å²) in [6.45, 7) is 3.59. The van der Waals surface area contributed by atoms with Gasteiger partial charge in [0.05, 0.1) is 47.6 Å². The Bertz CT molecular complexity index is 1680. The Morgan fingerprint density at radius 1 is 0.925 bits per heavy atom. The molecule has 4 aromatic heterocycles. The zero-order chi connectivity index (χ0) is 28.3. The van der Waals surface area contributed by atoms with Crippen LogP contribution in [-0.4, -0.2) is 35.7 Å². The number of anilines is 3. The summed E-state index contributed by atoms with van der Waals surface area (Å²) in [5, 5.41) is 7.00. The predicted molar refractivity (Wildman–Crippen MR) is 142 cm³/mol. The van der Waals surface area contributed by atoms with E-state index in [0.717, 1.165) is 23.9 Å². The molecule has 0 fully saturated rings. The lowest BCUT2D eigenvalue weighted by molar-refractivity contribution is -0.137. The van der Waals surface area contributed by atoms with Gasteiger partial charge in [-0.3, -0.25) is 9.97 Å². The first-order chi connectivity index (χ1) is 19.1. The number of alkyl halides is 3. The predicted octanol–water partition coefficient (Wildman–Crippen LogP) is 6.08. The van der Waals surface area contributed by atoms with Crippen molar-refractivity contribution in [3.05, 3.63) is 102 Å². The van der Waals surface area contributed by atoms with E-state index in [1.54, 1.807) is 43.6 Å². The number of halogens is 4. The van der Waals surface area contributed by atoms with E-state index in [9.17, 15) is 17.6 Å². The summed E-state index contributed by atoms with van der Waals surface area (Å²) in [4.78, 5) is 20.4. The third kappa shape index (κ3) is 6.26. The molecular formula is C27H21F4N9. The minimum absolute atomic E-state index is 0.0703. The van der Waals surface area contributed by atoms with E-state index in [2.05, 4.69) is 40.8 Å². The summed E-state index contributed by atoms with van der Waals surface area (Å²) in [6, 6.07) is 8.69. The summed E-state index contributed by atoms with van der Waals surface area (Å²) in [7, 11) is 0. The summed E-state index contributed by atoms with van der Waals surface area (Å²) in [6.07, 6.45) is 5.61. The van der Waals surface area contributed by atoms with E-state index in [0.29, 0.717) is 28.3 Å². The van der Waals surface area contributed by atoms with E-state index >= 15 is 0 Å². The van der Waals surface area contributed by atoms with Gasteiger partial charge in [0, 0.05) is 35.5 Å². The van der Waals surface area contributed by atoms with Crippen LogP contribution in [0.4, 0.5) is 34.9 Å². The fourth-order valence-corrected chi connectivity index (χ4v) is 3.74. The first kappa shape index (κ1) is 26.4. The Morgan fingerprint density at radius 2 is 1.77 bits per heavy atom. The highest BCUT2D eigenvalue weighted by molar-refractivity contribution is 5.78. The highest BCUT2D eigenvalue weighted by Crippen LogP contribution is 2.34. The van der Waals surface area contributed by atoms with Crippen LogP contribution in [0, 0.1) is 19.7 Å². The van der Waals surface area contributed by atoms with E-state index in [1.165, 1.54) is 29.5 Å². The van der Waals surface area contributed by atoms with Crippen molar-refractivity contribution < 1.29 is 17.6 Å². The number of pyridine rings is 2. The topological polar surface area (TPSA) is 106 Å². The SMILES string of the molecule is Cc1cncc(-c2nc(N/N=C/c3ccc(Nc4cc(-n5cnc(C)c5)cc(C(F)(F)F)c4)cn3)ncc2F)c1. The normalized spacial score (nSPS) is 11.7. The Morgan fingerprint density at radius 3 is 2.48 bits per heavy atom. The maximum absolute atomic E-state index is 14.3. The molecule has 0 radical (unpaired) electrons. The number of benzene rings is 1. The molecule has 1 aromatic carbocycles. The zero-order valence-corrected chi connectivity index (χ0v) is 21.1. The molecule has 40 heavy (non-hydrogen) atoms. The van der Waals surface area contributed by atoms with E-state index < -0.39 is 17.6 Å². The molecule has 0 spiro atoms. The second-order valence-corrected chi connectivity index (χ2v) is 8.80. The van der Waals surface area contributed by atoms with Gasteiger partial charge in [0.15, 0.2) is 5.82 Å². The number of imidazole rings is 1. The summed E-state index contributed by atoms with van der Waals surface area (Å²) in [5.74, 6) is -0.527. The number of nitrogens with one attached hydrogen (secondary N) is 2. The monoisotopic (exact) mass is 547 g/mol. The third-order valence-corrected chi connectivity index (χ3v) is 5.58. The van der Waals surface area contributed by atoms with Crippen molar-refractivity contribution in [3.63, 3.8) is 0 Å². The average molecular weight is 548 g/mol. The maximum atomic E-state index is 14.3. The smallest absolute Gasteiger partial charge is 0.354 e. The molecule has 0 aliphatic rings. The van der Waals surface area contributed by atoms with Crippen LogP contribution in [0.15, 0.2) is 78.8 Å². The van der Waals surface area contributed by atoms with Crippen molar-refractivity contribution in [1.82, 2.24) is 29.5 Å². The minimum atomic E-state index is -4.53. The van der Waals surface area contributed by atoms with Crippen molar-refractivity contribution >= 4 is 23.5 Å². The lowest BCUT2D eigenvalue weighted by Gasteiger charge is -2.14. The standard InChI is InChI=1S/C27H21F4N9/c1-16-5-18(10-32-9-16)25-24(28)13-34-26(38-25)39-36-12-20-3-4-21(11-33-20)37-22-6-19(27(29,30)31)7-23(8-22)40-14-17(2)35-15-40/h3-15,37H,1-2H3,(H,34,38,39)/b36-12+. The first-order valence-corrected chi connectivity index (χ1v) is 11.8. The molecule has 0 aliphatic carbocycles. The van der Waals surface area contributed by atoms with Crippen molar-refractivity contribution in [2.24, 2.45) is 5.10 Å². The van der Waals surface area contributed by atoms with Crippen LogP contribution in [0.1, 0.15) is 22.5 Å². The van der Waals surface area contributed by atoms with Gasteiger partial charge in [-0.05, 0) is 55.8 Å². The van der Waals surface area contributed by atoms with Crippen LogP contribution in [0.3, 0.4) is 0 Å². The zero-order valence-electron chi connectivity index (χ0n) is 21.1. The lowest BCUT2D eigenvalue weighted by atomic mass is 10.1. The van der Waals surface area contributed by atoms with Crippen molar-refractivity contribution in [1.29, 1.82) is 0 Å². The molecule has 13 heteroatoms. The van der Waals surface area contributed by atoms with Crippen LogP contribution in [0.25, 0.3) is 16.9 Å². The Balaban J connectivity index is 1.29. The van der Waals surface area contributed by atoms with Crippen molar-refractivity contribution in [2.45, 2.75) is 20.0 Å². The number of hydrazone groups is 1. The number of aryl methyl sites for hydroxylation is 2. The van der Waals surface area contributed by atoms with Gasteiger partial charge in [-0.2, -0.15) is 18.3 Å². The van der Waals surface area contributed by atoms with Crippen LogP contribution in [0.5, 0.6) is 0 Å². The Kier molecular flexibility index (Phi) is 7.19. The van der Waals surface area contributed by atoms with Gasteiger partial charge < -0.3 is 9.88 Å².